The number of hydrogen-bond donors (Lipinski definition) is 2. The summed E-state index contributed by atoms with van der Waals surface area (Å²) in [4.78, 5) is 14.6. The zero-order chi connectivity index (χ0) is 18.1. The van der Waals surface area contributed by atoms with Gasteiger partial charge in [-0.1, -0.05) is 12.1 Å². The fourth-order valence-corrected chi connectivity index (χ4v) is 3.84. The quantitative estimate of drug-likeness (QED) is 0.866. The molecule has 0 unspecified atom stereocenters. The molecule has 3 rings (SSSR count). The summed E-state index contributed by atoms with van der Waals surface area (Å²) in [6.07, 6.45) is 0.488. The average Bonchev–Trinajstić information content (AvgIpc) is 2.61. The van der Waals surface area contributed by atoms with Gasteiger partial charge < -0.3 is 24.6 Å². The van der Waals surface area contributed by atoms with Gasteiger partial charge in [-0.3, -0.25) is 4.79 Å². The van der Waals surface area contributed by atoms with Gasteiger partial charge >= 0.3 is 0 Å². The lowest BCUT2D eigenvalue weighted by molar-refractivity contribution is -0.244. The molecular formula is C19H27NO5. The number of hydrogen-bond acceptors (Lipinski definition) is 5. The molecule has 2 N–H and O–H groups in total. The van der Waals surface area contributed by atoms with Gasteiger partial charge in [0.2, 0.25) is 0 Å². The third-order valence-corrected chi connectivity index (χ3v) is 5.40. The second-order valence-electron chi connectivity index (χ2n) is 7.14. The zero-order valence-electron chi connectivity index (χ0n) is 14.9. The van der Waals surface area contributed by atoms with Gasteiger partial charge in [0.15, 0.2) is 0 Å². The smallest absolute Gasteiger partial charge is 0.257 e. The Bertz CT molecular complexity index is 622. The number of para-hydroxylation sites is 1. The molecule has 6 heteroatoms. The highest BCUT2D eigenvalue weighted by atomic mass is 16.5. The van der Waals surface area contributed by atoms with Crippen molar-refractivity contribution in [3.05, 3.63) is 29.8 Å². The normalized spacial score (nSPS) is 28.8. The van der Waals surface area contributed by atoms with Gasteiger partial charge in [0, 0.05) is 19.5 Å². The fraction of sp³-hybridized carbons (Fsp3) is 0.632. The minimum Gasteiger partial charge on any atom is -0.493 e. The van der Waals surface area contributed by atoms with Crippen molar-refractivity contribution < 1.29 is 24.5 Å². The van der Waals surface area contributed by atoms with Gasteiger partial charge in [0.05, 0.1) is 24.4 Å². The molecule has 2 fully saturated rings. The molecule has 0 aromatic heterocycles. The van der Waals surface area contributed by atoms with E-state index < -0.39 is 17.3 Å². The fourth-order valence-electron chi connectivity index (χ4n) is 3.84. The Hall–Kier alpha value is -1.63. The number of carbonyl (C=O) groups is 1. The maximum Gasteiger partial charge on any atom is 0.257 e. The van der Waals surface area contributed by atoms with Crippen LogP contribution in [0.3, 0.4) is 0 Å². The molecular weight excluding hydrogens is 322 g/mol. The molecule has 1 aromatic carbocycles. The second-order valence-corrected chi connectivity index (χ2v) is 7.14. The summed E-state index contributed by atoms with van der Waals surface area (Å²) in [5.74, 6) is 0.517. The number of aliphatic hydroxyl groups is 2. The predicted molar refractivity (Wildman–Crippen MR) is 92.7 cm³/mol. The lowest BCUT2D eigenvalue weighted by atomic mass is 9.75. The van der Waals surface area contributed by atoms with Crippen LogP contribution in [-0.4, -0.2) is 64.6 Å². The Morgan fingerprint density at radius 2 is 2.00 bits per heavy atom. The molecule has 0 radical (unpaired) electrons. The van der Waals surface area contributed by atoms with Crippen molar-refractivity contribution in [2.24, 2.45) is 0 Å². The van der Waals surface area contributed by atoms with Crippen LogP contribution < -0.4 is 4.74 Å². The van der Waals surface area contributed by atoms with Crippen LogP contribution in [0.4, 0.5) is 0 Å². The second kappa shape index (κ2) is 6.94. The summed E-state index contributed by atoms with van der Waals surface area (Å²) >= 11 is 0. The van der Waals surface area contributed by atoms with Gasteiger partial charge in [-0.2, -0.15) is 0 Å². The van der Waals surface area contributed by atoms with Crippen molar-refractivity contribution in [3.63, 3.8) is 0 Å². The molecule has 2 aliphatic rings. The van der Waals surface area contributed by atoms with E-state index in [9.17, 15) is 15.0 Å². The van der Waals surface area contributed by atoms with Gasteiger partial charge in [-0.05, 0) is 38.8 Å². The number of rotatable bonds is 3. The Balaban J connectivity index is 1.71. The lowest BCUT2D eigenvalue weighted by Crippen LogP contribution is -2.64. The number of carbonyl (C=O) groups excluding carboxylic acids is 1. The standard InChI is InChI=1S/C19H27NO5/c1-3-24-15-7-5-4-6-14(15)16(21)20-11-8-19(9-12-20)17(22)18(2,23)10-13-25-19/h4-7,17,22-23H,3,8-13H2,1-2H3/t17-,18+/m0/s1. The Morgan fingerprint density at radius 3 is 2.68 bits per heavy atom. The maximum absolute atomic E-state index is 12.9. The molecule has 138 valence electrons. The Labute approximate surface area is 148 Å². The van der Waals surface area contributed by atoms with E-state index in [1.165, 1.54) is 0 Å². The zero-order valence-corrected chi connectivity index (χ0v) is 14.9. The number of benzene rings is 1. The van der Waals surface area contributed by atoms with Crippen LogP contribution >= 0.6 is 0 Å². The third kappa shape index (κ3) is 3.38. The summed E-state index contributed by atoms with van der Waals surface area (Å²) in [6.45, 7) is 5.42. The molecule has 25 heavy (non-hydrogen) atoms. The summed E-state index contributed by atoms with van der Waals surface area (Å²) in [7, 11) is 0. The van der Waals surface area contributed by atoms with Gasteiger partial charge in [-0.25, -0.2) is 0 Å². The monoisotopic (exact) mass is 349 g/mol. The third-order valence-electron chi connectivity index (χ3n) is 5.40. The molecule has 2 heterocycles. The van der Waals surface area contributed by atoms with Gasteiger partial charge in [-0.15, -0.1) is 0 Å². The van der Waals surface area contributed by atoms with Crippen molar-refractivity contribution in [2.75, 3.05) is 26.3 Å². The van der Waals surface area contributed by atoms with E-state index in [1.54, 1.807) is 24.0 Å². The van der Waals surface area contributed by atoms with E-state index in [-0.39, 0.29) is 5.91 Å². The molecule has 1 spiro atoms. The first-order chi connectivity index (χ1) is 11.9. The number of ether oxygens (including phenoxy) is 2. The number of amides is 1. The van der Waals surface area contributed by atoms with Crippen molar-refractivity contribution in [1.82, 2.24) is 4.90 Å². The number of likely N-dealkylation sites (tertiary alicyclic amines) is 1. The molecule has 2 aliphatic heterocycles. The van der Waals surface area contributed by atoms with Crippen LogP contribution in [0.1, 0.15) is 43.5 Å². The van der Waals surface area contributed by atoms with E-state index in [1.807, 2.05) is 19.1 Å². The first kappa shape index (κ1) is 18.2. The summed E-state index contributed by atoms with van der Waals surface area (Å²) in [5, 5.41) is 21.0. The van der Waals surface area contributed by atoms with Crippen LogP contribution in [0, 0.1) is 0 Å². The highest BCUT2D eigenvalue weighted by Crippen LogP contribution is 2.40. The van der Waals surface area contributed by atoms with Gasteiger partial charge in [0.1, 0.15) is 17.5 Å². The highest BCUT2D eigenvalue weighted by molar-refractivity contribution is 5.97. The van der Waals surface area contributed by atoms with Crippen LogP contribution in [-0.2, 0) is 4.74 Å². The molecule has 6 nitrogen and oxygen atoms in total. The minimum atomic E-state index is -1.15. The van der Waals surface area contributed by atoms with Crippen molar-refractivity contribution in [3.8, 4) is 5.75 Å². The van der Waals surface area contributed by atoms with Crippen molar-refractivity contribution in [2.45, 2.75) is 50.4 Å². The summed E-state index contributed by atoms with van der Waals surface area (Å²) in [6, 6.07) is 7.25. The van der Waals surface area contributed by atoms with Gasteiger partial charge in [0.25, 0.3) is 5.91 Å². The highest BCUT2D eigenvalue weighted by Gasteiger charge is 2.53. The average molecular weight is 349 g/mol. The summed E-state index contributed by atoms with van der Waals surface area (Å²) < 4.78 is 11.4. The molecule has 1 amide bonds. The van der Waals surface area contributed by atoms with Crippen LogP contribution in [0.25, 0.3) is 0 Å². The van der Waals surface area contributed by atoms with E-state index in [0.29, 0.717) is 56.9 Å². The van der Waals surface area contributed by atoms with E-state index >= 15 is 0 Å². The Morgan fingerprint density at radius 1 is 1.32 bits per heavy atom. The van der Waals surface area contributed by atoms with Crippen LogP contribution in [0.2, 0.25) is 0 Å². The van der Waals surface area contributed by atoms with E-state index in [0.717, 1.165) is 0 Å². The number of aliphatic hydroxyl groups excluding tert-OH is 1. The first-order valence-corrected chi connectivity index (χ1v) is 8.95. The molecule has 2 atom stereocenters. The number of nitrogens with zero attached hydrogens (tertiary/aromatic N) is 1. The molecule has 0 saturated carbocycles. The first-order valence-electron chi connectivity index (χ1n) is 8.95. The summed E-state index contributed by atoms with van der Waals surface area (Å²) in [5.41, 5.74) is -1.36. The van der Waals surface area contributed by atoms with E-state index in [4.69, 9.17) is 9.47 Å². The SMILES string of the molecule is CCOc1ccccc1C(=O)N1CCC2(CC1)OCC[C@@](C)(O)[C@@H]2O. The van der Waals surface area contributed by atoms with Crippen molar-refractivity contribution in [1.29, 1.82) is 0 Å². The largest absolute Gasteiger partial charge is 0.493 e. The predicted octanol–water partition coefficient (Wildman–Crippen LogP) is 1.59. The van der Waals surface area contributed by atoms with E-state index in [2.05, 4.69) is 0 Å². The minimum absolute atomic E-state index is 0.0732. The van der Waals surface area contributed by atoms with Crippen molar-refractivity contribution >= 4 is 5.91 Å². The lowest BCUT2D eigenvalue weighted by Gasteiger charge is -2.51. The molecule has 1 aromatic rings. The molecule has 0 bridgehead atoms. The number of piperidine rings is 1. The van der Waals surface area contributed by atoms with Crippen LogP contribution in [0.15, 0.2) is 24.3 Å². The molecule has 0 aliphatic carbocycles. The maximum atomic E-state index is 12.9. The topological polar surface area (TPSA) is 79.2 Å². The molecule has 2 saturated heterocycles. The van der Waals surface area contributed by atoms with Crippen LogP contribution in [0.5, 0.6) is 5.75 Å². The Kier molecular flexibility index (Phi) is 5.04.